The van der Waals surface area contributed by atoms with Crippen molar-refractivity contribution in [3.63, 3.8) is 0 Å². The molecule has 5 nitrogen and oxygen atoms in total. The van der Waals surface area contributed by atoms with Crippen LogP contribution in [0.1, 0.15) is 24.2 Å². The maximum atomic E-state index is 12.4. The normalized spacial score (nSPS) is 10.4. The van der Waals surface area contributed by atoms with Crippen LogP contribution in [0.2, 0.25) is 0 Å². The molecule has 2 rings (SSSR count). The van der Waals surface area contributed by atoms with Gasteiger partial charge in [0.2, 0.25) is 0 Å². The van der Waals surface area contributed by atoms with Crippen LogP contribution >= 0.6 is 0 Å². The summed E-state index contributed by atoms with van der Waals surface area (Å²) >= 11 is 0. The van der Waals surface area contributed by atoms with E-state index >= 15 is 0 Å². The lowest BCUT2D eigenvalue weighted by atomic mass is 10.2. The van der Waals surface area contributed by atoms with Gasteiger partial charge in [-0.05, 0) is 56.3 Å². The van der Waals surface area contributed by atoms with Gasteiger partial charge in [0, 0.05) is 11.3 Å². The quantitative estimate of drug-likeness (QED) is 0.769. The SMILES string of the molecule is CCOc1ccc(NC(=O)c2ccc(OC(F)F)c(OCC)c2)cc1. The van der Waals surface area contributed by atoms with Crippen LogP contribution in [-0.4, -0.2) is 25.7 Å². The molecule has 0 aliphatic heterocycles. The molecular weight excluding hydrogens is 332 g/mol. The van der Waals surface area contributed by atoms with Crippen molar-refractivity contribution < 1.29 is 27.8 Å². The van der Waals surface area contributed by atoms with Crippen molar-refractivity contribution >= 4 is 11.6 Å². The molecule has 1 N–H and O–H groups in total. The first kappa shape index (κ1) is 18.5. The molecule has 0 aliphatic carbocycles. The molecule has 1 amide bonds. The molecule has 2 aromatic rings. The standard InChI is InChI=1S/C18H19F2NO4/c1-3-23-14-8-6-13(7-9-14)21-17(22)12-5-10-15(25-18(19)20)16(11-12)24-4-2/h5-11,18H,3-4H2,1-2H3,(H,21,22). The lowest BCUT2D eigenvalue weighted by Gasteiger charge is -2.13. The molecule has 0 heterocycles. The molecule has 0 unspecified atom stereocenters. The Hall–Kier alpha value is -2.83. The molecule has 0 spiro atoms. The molecular formula is C18H19F2NO4. The predicted octanol–water partition coefficient (Wildman–Crippen LogP) is 4.34. The Bertz CT molecular complexity index is 705. The minimum Gasteiger partial charge on any atom is -0.494 e. The number of anilines is 1. The molecule has 0 saturated carbocycles. The molecule has 134 valence electrons. The van der Waals surface area contributed by atoms with Crippen LogP contribution in [0.25, 0.3) is 0 Å². The second-order valence-corrected chi connectivity index (χ2v) is 4.88. The topological polar surface area (TPSA) is 56.8 Å². The number of rotatable bonds is 8. The van der Waals surface area contributed by atoms with Gasteiger partial charge in [-0.15, -0.1) is 0 Å². The number of hydrogen-bond acceptors (Lipinski definition) is 4. The van der Waals surface area contributed by atoms with Gasteiger partial charge >= 0.3 is 6.61 Å². The van der Waals surface area contributed by atoms with Crippen LogP contribution in [0.4, 0.5) is 14.5 Å². The van der Waals surface area contributed by atoms with E-state index in [0.29, 0.717) is 18.0 Å². The molecule has 7 heteroatoms. The second-order valence-electron chi connectivity index (χ2n) is 4.88. The Morgan fingerprint density at radius 3 is 2.28 bits per heavy atom. The van der Waals surface area contributed by atoms with E-state index in [1.54, 1.807) is 31.2 Å². The molecule has 0 atom stereocenters. The Morgan fingerprint density at radius 1 is 1.00 bits per heavy atom. The number of amides is 1. The highest BCUT2D eigenvalue weighted by molar-refractivity contribution is 6.04. The van der Waals surface area contributed by atoms with Crippen LogP contribution in [0.5, 0.6) is 17.2 Å². The lowest BCUT2D eigenvalue weighted by molar-refractivity contribution is -0.0514. The first-order chi connectivity index (χ1) is 12.0. The Labute approximate surface area is 144 Å². The predicted molar refractivity (Wildman–Crippen MR) is 89.8 cm³/mol. The minimum atomic E-state index is -2.97. The van der Waals surface area contributed by atoms with Crippen molar-refractivity contribution in [2.45, 2.75) is 20.5 Å². The highest BCUT2D eigenvalue weighted by Gasteiger charge is 2.15. The second kappa shape index (κ2) is 8.86. The van der Waals surface area contributed by atoms with Gasteiger partial charge in [0.15, 0.2) is 11.5 Å². The van der Waals surface area contributed by atoms with E-state index in [4.69, 9.17) is 9.47 Å². The largest absolute Gasteiger partial charge is 0.494 e. The monoisotopic (exact) mass is 351 g/mol. The van der Waals surface area contributed by atoms with Gasteiger partial charge in [-0.1, -0.05) is 0 Å². The third-order valence-electron chi connectivity index (χ3n) is 3.14. The van der Waals surface area contributed by atoms with Crippen LogP contribution in [0.3, 0.4) is 0 Å². The molecule has 0 saturated heterocycles. The fourth-order valence-electron chi connectivity index (χ4n) is 2.12. The summed E-state index contributed by atoms with van der Waals surface area (Å²) in [4.78, 5) is 12.3. The van der Waals surface area contributed by atoms with Gasteiger partial charge in [-0.2, -0.15) is 8.78 Å². The zero-order valence-corrected chi connectivity index (χ0v) is 13.9. The Morgan fingerprint density at radius 2 is 1.68 bits per heavy atom. The van der Waals surface area contributed by atoms with E-state index in [2.05, 4.69) is 10.1 Å². The number of nitrogens with one attached hydrogen (secondary N) is 1. The van der Waals surface area contributed by atoms with Crippen molar-refractivity contribution in [1.82, 2.24) is 0 Å². The van der Waals surface area contributed by atoms with E-state index in [0.717, 1.165) is 0 Å². The van der Waals surface area contributed by atoms with Crippen molar-refractivity contribution in [3.05, 3.63) is 48.0 Å². The van der Waals surface area contributed by atoms with Gasteiger partial charge in [0.05, 0.1) is 13.2 Å². The molecule has 0 fully saturated rings. The van der Waals surface area contributed by atoms with E-state index in [9.17, 15) is 13.6 Å². The van der Waals surface area contributed by atoms with Gasteiger partial charge in [-0.25, -0.2) is 0 Å². The molecule has 0 bridgehead atoms. The van der Waals surface area contributed by atoms with Gasteiger partial charge in [0.25, 0.3) is 5.91 Å². The first-order valence-corrected chi connectivity index (χ1v) is 7.79. The van der Waals surface area contributed by atoms with Crippen LogP contribution < -0.4 is 19.5 Å². The van der Waals surface area contributed by atoms with E-state index in [-0.39, 0.29) is 23.7 Å². The van der Waals surface area contributed by atoms with Crippen molar-refractivity contribution in [2.75, 3.05) is 18.5 Å². The van der Waals surface area contributed by atoms with Gasteiger partial charge in [0.1, 0.15) is 5.75 Å². The fraction of sp³-hybridized carbons (Fsp3) is 0.278. The highest BCUT2D eigenvalue weighted by atomic mass is 19.3. The molecule has 25 heavy (non-hydrogen) atoms. The smallest absolute Gasteiger partial charge is 0.387 e. The summed E-state index contributed by atoms with van der Waals surface area (Å²) in [5.41, 5.74) is 0.846. The summed E-state index contributed by atoms with van der Waals surface area (Å²) in [7, 11) is 0. The zero-order chi connectivity index (χ0) is 18.2. The lowest BCUT2D eigenvalue weighted by Crippen LogP contribution is -2.13. The first-order valence-electron chi connectivity index (χ1n) is 7.79. The summed E-state index contributed by atoms with van der Waals surface area (Å²) in [6.07, 6.45) is 0. The van der Waals surface area contributed by atoms with Gasteiger partial charge in [-0.3, -0.25) is 4.79 Å². The third kappa shape index (κ3) is 5.34. The zero-order valence-electron chi connectivity index (χ0n) is 13.9. The average molecular weight is 351 g/mol. The molecule has 0 aromatic heterocycles. The number of ether oxygens (including phenoxy) is 3. The molecule has 0 radical (unpaired) electrons. The summed E-state index contributed by atoms with van der Waals surface area (Å²) in [5.74, 6) is 0.276. The average Bonchev–Trinajstić information content (AvgIpc) is 2.58. The van der Waals surface area contributed by atoms with Gasteiger partial charge < -0.3 is 19.5 Å². The summed E-state index contributed by atoms with van der Waals surface area (Å²) in [5, 5.41) is 2.72. The summed E-state index contributed by atoms with van der Waals surface area (Å²) < 4.78 is 39.8. The van der Waals surface area contributed by atoms with E-state index in [1.165, 1.54) is 18.2 Å². The van der Waals surface area contributed by atoms with Crippen LogP contribution in [-0.2, 0) is 0 Å². The van der Waals surface area contributed by atoms with Crippen molar-refractivity contribution in [2.24, 2.45) is 0 Å². The summed E-state index contributed by atoms with van der Waals surface area (Å²) in [6.45, 7) is 1.43. The number of carbonyl (C=O) groups is 1. The van der Waals surface area contributed by atoms with E-state index in [1.807, 2.05) is 6.92 Å². The Kier molecular flexibility index (Phi) is 6.56. The highest BCUT2D eigenvalue weighted by Crippen LogP contribution is 2.30. The number of alkyl halides is 2. The minimum absolute atomic E-state index is 0.0853. The molecule has 2 aromatic carbocycles. The van der Waals surface area contributed by atoms with Crippen molar-refractivity contribution in [3.8, 4) is 17.2 Å². The van der Waals surface area contributed by atoms with Crippen molar-refractivity contribution in [1.29, 1.82) is 0 Å². The maximum Gasteiger partial charge on any atom is 0.387 e. The fourth-order valence-corrected chi connectivity index (χ4v) is 2.12. The maximum absolute atomic E-state index is 12.4. The third-order valence-corrected chi connectivity index (χ3v) is 3.14. The number of benzene rings is 2. The summed E-state index contributed by atoms with van der Waals surface area (Å²) in [6, 6.07) is 10.9. The molecule has 0 aliphatic rings. The van der Waals surface area contributed by atoms with Crippen LogP contribution in [0.15, 0.2) is 42.5 Å². The van der Waals surface area contributed by atoms with E-state index < -0.39 is 12.5 Å². The number of halogens is 2. The number of hydrogen-bond donors (Lipinski definition) is 1. The van der Waals surface area contributed by atoms with Crippen LogP contribution in [0, 0.1) is 0 Å². The number of carbonyl (C=O) groups excluding carboxylic acids is 1. The Balaban J connectivity index is 2.13.